The summed E-state index contributed by atoms with van der Waals surface area (Å²) in [5.41, 5.74) is 0.695. The van der Waals surface area contributed by atoms with E-state index < -0.39 is 0 Å². The van der Waals surface area contributed by atoms with Crippen molar-refractivity contribution in [3.63, 3.8) is 0 Å². The quantitative estimate of drug-likeness (QED) is 0.713. The van der Waals surface area contributed by atoms with Gasteiger partial charge in [0, 0.05) is 49.6 Å². The first-order chi connectivity index (χ1) is 13.2. The van der Waals surface area contributed by atoms with Crippen molar-refractivity contribution in [2.45, 2.75) is 24.6 Å². The van der Waals surface area contributed by atoms with Crippen LogP contribution in [0.15, 0.2) is 42.7 Å². The lowest BCUT2D eigenvalue weighted by Crippen LogP contribution is -2.48. The van der Waals surface area contributed by atoms with Crippen LogP contribution in [0.25, 0.3) is 0 Å². The van der Waals surface area contributed by atoms with Crippen LogP contribution in [0.3, 0.4) is 0 Å². The Bertz CT molecular complexity index is 725. The average Bonchev–Trinajstić information content (AvgIpc) is 2.70. The van der Waals surface area contributed by atoms with Crippen molar-refractivity contribution in [1.29, 1.82) is 0 Å². The molecular weight excluding hydrogens is 365 g/mol. The SMILES string of the molecule is O=C(NCCSCc1ccccc1F)NC1CCN(c2ncccn2)CC1. The molecule has 0 aliphatic carbocycles. The van der Waals surface area contributed by atoms with E-state index in [9.17, 15) is 9.18 Å². The molecule has 0 spiro atoms. The van der Waals surface area contributed by atoms with Crippen LogP contribution in [0, 0.1) is 5.82 Å². The summed E-state index contributed by atoms with van der Waals surface area (Å²) in [5.74, 6) is 1.91. The van der Waals surface area contributed by atoms with Crippen LogP contribution < -0.4 is 15.5 Å². The number of nitrogens with zero attached hydrogens (tertiary/aromatic N) is 3. The van der Waals surface area contributed by atoms with Crippen molar-refractivity contribution in [2.24, 2.45) is 0 Å². The monoisotopic (exact) mass is 389 g/mol. The molecule has 27 heavy (non-hydrogen) atoms. The third kappa shape index (κ3) is 6.09. The van der Waals surface area contributed by atoms with E-state index in [1.54, 1.807) is 42.4 Å². The van der Waals surface area contributed by atoms with Crippen LogP contribution >= 0.6 is 11.8 Å². The van der Waals surface area contributed by atoms with Crippen molar-refractivity contribution in [3.8, 4) is 0 Å². The van der Waals surface area contributed by atoms with Gasteiger partial charge in [-0.15, -0.1) is 0 Å². The van der Waals surface area contributed by atoms with Crippen LogP contribution in [0.1, 0.15) is 18.4 Å². The van der Waals surface area contributed by atoms with Gasteiger partial charge in [0.2, 0.25) is 5.95 Å². The standard InChI is InChI=1S/C19H24FN5OS/c20-17-5-2-1-4-15(17)14-27-13-10-23-19(26)24-16-6-11-25(12-7-16)18-21-8-3-9-22-18/h1-5,8-9,16H,6-7,10-14H2,(H2,23,24,26). The Balaban J connectivity index is 1.28. The van der Waals surface area contributed by atoms with Gasteiger partial charge in [-0.3, -0.25) is 0 Å². The average molecular weight is 390 g/mol. The number of halogens is 1. The van der Waals surface area contributed by atoms with Gasteiger partial charge in [-0.2, -0.15) is 11.8 Å². The third-order valence-corrected chi connectivity index (χ3v) is 5.42. The normalized spacial score (nSPS) is 14.8. The van der Waals surface area contributed by atoms with Crippen molar-refractivity contribution in [2.75, 3.05) is 30.3 Å². The van der Waals surface area contributed by atoms with Gasteiger partial charge >= 0.3 is 6.03 Å². The number of rotatable bonds is 7. The van der Waals surface area contributed by atoms with E-state index >= 15 is 0 Å². The lowest BCUT2D eigenvalue weighted by Gasteiger charge is -2.32. The molecule has 8 heteroatoms. The van der Waals surface area contributed by atoms with Crippen molar-refractivity contribution >= 4 is 23.7 Å². The van der Waals surface area contributed by atoms with E-state index in [2.05, 4.69) is 25.5 Å². The fourth-order valence-electron chi connectivity index (χ4n) is 2.95. The molecule has 0 radical (unpaired) electrons. The zero-order valence-electron chi connectivity index (χ0n) is 15.1. The van der Waals surface area contributed by atoms with Gasteiger partial charge in [0.25, 0.3) is 0 Å². The largest absolute Gasteiger partial charge is 0.341 e. The third-order valence-electron chi connectivity index (χ3n) is 4.41. The van der Waals surface area contributed by atoms with Gasteiger partial charge in [0.15, 0.2) is 0 Å². The van der Waals surface area contributed by atoms with Crippen LogP contribution in [-0.2, 0) is 5.75 Å². The Morgan fingerprint density at radius 3 is 2.67 bits per heavy atom. The first kappa shape index (κ1) is 19.4. The Morgan fingerprint density at radius 2 is 1.93 bits per heavy atom. The van der Waals surface area contributed by atoms with Crippen LogP contribution in [0.4, 0.5) is 15.1 Å². The molecule has 3 rings (SSSR count). The molecule has 1 aromatic heterocycles. The molecule has 2 amide bonds. The zero-order chi connectivity index (χ0) is 18.9. The fraction of sp³-hybridized carbons (Fsp3) is 0.421. The van der Waals surface area contributed by atoms with Gasteiger partial charge in [0.1, 0.15) is 5.82 Å². The number of anilines is 1. The number of urea groups is 1. The molecule has 1 aromatic carbocycles. The maximum atomic E-state index is 13.5. The number of piperidine rings is 1. The summed E-state index contributed by atoms with van der Waals surface area (Å²) >= 11 is 1.60. The first-order valence-electron chi connectivity index (χ1n) is 9.10. The highest BCUT2D eigenvalue weighted by Gasteiger charge is 2.21. The summed E-state index contributed by atoms with van der Waals surface area (Å²) in [5, 5.41) is 5.89. The predicted octanol–water partition coefficient (Wildman–Crippen LogP) is 2.82. The molecule has 1 fully saturated rings. The number of benzene rings is 1. The van der Waals surface area contributed by atoms with Crippen molar-refractivity contribution < 1.29 is 9.18 Å². The van der Waals surface area contributed by atoms with E-state index in [0.29, 0.717) is 17.9 Å². The minimum Gasteiger partial charge on any atom is -0.341 e. The highest BCUT2D eigenvalue weighted by molar-refractivity contribution is 7.98. The number of hydrogen-bond donors (Lipinski definition) is 2. The molecule has 144 valence electrons. The van der Waals surface area contributed by atoms with Crippen LogP contribution in [0.5, 0.6) is 0 Å². The maximum absolute atomic E-state index is 13.5. The smallest absolute Gasteiger partial charge is 0.315 e. The van der Waals surface area contributed by atoms with Crippen LogP contribution in [0.2, 0.25) is 0 Å². The number of nitrogens with one attached hydrogen (secondary N) is 2. The Labute approximate surface area is 163 Å². The molecule has 2 N–H and O–H groups in total. The maximum Gasteiger partial charge on any atom is 0.315 e. The molecule has 0 bridgehead atoms. The molecular formula is C19H24FN5OS. The van der Waals surface area contributed by atoms with Gasteiger partial charge in [0.05, 0.1) is 0 Å². The molecule has 6 nitrogen and oxygen atoms in total. The summed E-state index contributed by atoms with van der Waals surface area (Å²) in [7, 11) is 0. The molecule has 1 aliphatic heterocycles. The Kier molecular flexibility index (Phi) is 7.27. The van der Waals surface area contributed by atoms with Gasteiger partial charge in [-0.25, -0.2) is 19.2 Å². The number of carbonyl (C=O) groups excluding carboxylic acids is 1. The zero-order valence-corrected chi connectivity index (χ0v) is 15.9. The summed E-state index contributed by atoms with van der Waals surface area (Å²) < 4.78 is 13.5. The minimum atomic E-state index is -0.178. The second-order valence-corrected chi connectivity index (χ2v) is 7.46. The minimum absolute atomic E-state index is 0.143. The highest BCUT2D eigenvalue weighted by Crippen LogP contribution is 2.16. The van der Waals surface area contributed by atoms with E-state index in [0.717, 1.165) is 37.6 Å². The predicted molar refractivity (Wildman–Crippen MR) is 106 cm³/mol. The van der Waals surface area contributed by atoms with E-state index in [-0.39, 0.29) is 17.9 Å². The van der Waals surface area contributed by atoms with Crippen LogP contribution in [-0.4, -0.2) is 47.4 Å². The first-order valence-corrected chi connectivity index (χ1v) is 10.3. The lowest BCUT2D eigenvalue weighted by molar-refractivity contribution is 0.235. The summed E-state index contributed by atoms with van der Waals surface area (Å²) in [6, 6.07) is 8.60. The lowest BCUT2D eigenvalue weighted by atomic mass is 10.1. The highest BCUT2D eigenvalue weighted by atomic mass is 32.2. The fourth-order valence-corrected chi connectivity index (χ4v) is 3.79. The summed E-state index contributed by atoms with van der Waals surface area (Å²) in [6.45, 7) is 2.21. The topological polar surface area (TPSA) is 70.2 Å². The van der Waals surface area contributed by atoms with Crippen molar-refractivity contribution in [1.82, 2.24) is 20.6 Å². The number of thioether (sulfide) groups is 1. The Morgan fingerprint density at radius 1 is 1.19 bits per heavy atom. The number of aromatic nitrogens is 2. The Hall–Kier alpha value is -2.35. The second-order valence-electron chi connectivity index (χ2n) is 6.35. The van der Waals surface area contributed by atoms with Crippen molar-refractivity contribution in [3.05, 3.63) is 54.1 Å². The number of hydrogen-bond acceptors (Lipinski definition) is 5. The molecule has 2 aromatic rings. The molecule has 1 saturated heterocycles. The molecule has 2 heterocycles. The second kappa shape index (κ2) is 10.1. The van der Waals surface area contributed by atoms with Gasteiger partial charge < -0.3 is 15.5 Å². The van der Waals surface area contributed by atoms with E-state index in [1.807, 2.05) is 6.07 Å². The number of amides is 2. The summed E-state index contributed by atoms with van der Waals surface area (Å²) in [6.07, 6.45) is 5.22. The van der Waals surface area contributed by atoms with Gasteiger partial charge in [-0.1, -0.05) is 18.2 Å². The van der Waals surface area contributed by atoms with E-state index in [1.165, 1.54) is 6.07 Å². The van der Waals surface area contributed by atoms with Gasteiger partial charge in [-0.05, 0) is 30.5 Å². The van der Waals surface area contributed by atoms with E-state index in [4.69, 9.17) is 0 Å². The molecule has 1 aliphatic rings. The molecule has 0 saturated carbocycles. The molecule has 0 atom stereocenters. The number of carbonyl (C=O) groups is 1. The summed E-state index contributed by atoms with van der Waals surface area (Å²) in [4.78, 5) is 22.7. The molecule has 0 unspecified atom stereocenters.